The quantitative estimate of drug-likeness (QED) is 0.434. The standard InChI is InChI=1S/C23H20BrN3/c1-2-27-22-6-4-3-5-18(22)19-13-16(9-12-23(19)27)21-14-20(25-26-21)15-7-10-17(24)11-8-15/h3-13,21,26H,2,14H2,1H3. The maximum atomic E-state index is 4.60. The summed E-state index contributed by atoms with van der Waals surface area (Å²) in [5.74, 6) is 0. The van der Waals surface area contributed by atoms with Crippen LogP contribution in [-0.4, -0.2) is 10.3 Å². The van der Waals surface area contributed by atoms with Crippen molar-refractivity contribution in [1.82, 2.24) is 9.99 Å². The Balaban J connectivity index is 1.51. The predicted molar refractivity (Wildman–Crippen MR) is 116 cm³/mol. The summed E-state index contributed by atoms with van der Waals surface area (Å²) in [6.07, 6.45) is 0.902. The summed E-state index contributed by atoms with van der Waals surface area (Å²) in [5, 5.41) is 7.25. The summed E-state index contributed by atoms with van der Waals surface area (Å²) < 4.78 is 3.48. The van der Waals surface area contributed by atoms with Gasteiger partial charge in [-0.05, 0) is 48.4 Å². The van der Waals surface area contributed by atoms with E-state index in [0.29, 0.717) is 0 Å². The van der Waals surface area contributed by atoms with Crippen LogP contribution in [-0.2, 0) is 6.54 Å². The lowest BCUT2D eigenvalue weighted by molar-refractivity contribution is 0.620. The highest BCUT2D eigenvalue weighted by Crippen LogP contribution is 2.33. The second-order valence-electron chi connectivity index (χ2n) is 6.99. The van der Waals surface area contributed by atoms with Gasteiger partial charge in [0.05, 0.1) is 11.8 Å². The molecule has 4 heteroatoms. The van der Waals surface area contributed by atoms with Crippen molar-refractivity contribution < 1.29 is 0 Å². The van der Waals surface area contributed by atoms with Gasteiger partial charge in [0.15, 0.2) is 0 Å². The lowest BCUT2D eigenvalue weighted by Crippen LogP contribution is -2.09. The molecule has 1 aliphatic heterocycles. The molecule has 134 valence electrons. The molecule has 5 rings (SSSR count). The summed E-state index contributed by atoms with van der Waals surface area (Å²) in [4.78, 5) is 0. The number of hydrazone groups is 1. The summed E-state index contributed by atoms with van der Waals surface area (Å²) in [6, 6.07) is 24.1. The van der Waals surface area contributed by atoms with Crippen LogP contribution in [0.2, 0.25) is 0 Å². The molecule has 1 atom stereocenters. The number of halogens is 1. The van der Waals surface area contributed by atoms with E-state index in [1.807, 2.05) is 0 Å². The minimum absolute atomic E-state index is 0.219. The third kappa shape index (κ3) is 2.76. The van der Waals surface area contributed by atoms with Crippen molar-refractivity contribution in [2.24, 2.45) is 5.10 Å². The Hall–Kier alpha value is -2.59. The van der Waals surface area contributed by atoms with Gasteiger partial charge >= 0.3 is 0 Å². The van der Waals surface area contributed by atoms with Crippen LogP contribution in [0.25, 0.3) is 21.8 Å². The molecule has 0 saturated heterocycles. The van der Waals surface area contributed by atoms with Crippen molar-refractivity contribution in [3.63, 3.8) is 0 Å². The second-order valence-corrected chi connectivity index (χ2v) is 7.90. The molecule has 3 aromatic carbocycles. The van der Waals surface area contributed by atoms with Gasteiger partial charge in [0, 0.05) is 39.2 Å². The van der Waals surface area contributed by atoms with Crippen LogP contribution in [0, 0.1) is 0 Å². The number of nitrogens with zero attached hydrogens (tertiary/aromatic N) is 2. The van der Waals surface area contributed by atoms with Crippen molar-refractivity contribution in [2.45, 2.75) is 25.9 Å². The molecule has 1 aromatic heterocycles. The number of aromatic nitrogens is 1. The Bertz CT molecular complexity index is 1170. The fourth-order valence-corrected chi connectivity index (χ4v) is 4.35. The van der Waals surface area contributed by atoms with Crippen molar-refractivity contribution in [2.75, 3.05) is 0 Å². The van der Waals surface area contributed by atoms with Crippen molar-refractivity contribution >= 4 is 43.4 Å². The van der Waals surface area contributed by atoms with Gasteiger partial charge in [0.2, 0.25) is 0 Å². The molecule has 1 N–H and O–H groups in total. The summed E-state index contributed by atoms with van der Waals surface area (Å²) >= 11 is 3.50. The first-order chi connectivity index (χ1) is 13.2. The molecule has 0 fully saturated rings. The monoisotopic (exact) mass is 417 g/mol. The molecule has 1 unspecified atom stereocenters. The van der Waals surface area contributed by atoms with Gasteiger partial charge in [0.25, 0.3) is 0 Å². The first kappa shape index (κ1) is 16.6. The number of hydrogen-bond acceptors (Lipinski definition) is 2. The number of hydrogen-bond donors (Lipinski definition) is 1. The Kier molecular flexibility index (Phi) is 4.01. The molecule has 0 saturated carbocycles. The van der Waals surface area contributed by atoms with Gasteiger partial charge in [-0.2, -0.15) is 5.10 Å². The van der Waals surface area contributed by atoms with Crippen LogP contribution >= 0.6 is 15.9 Å². The molecule has 4 aromatic rings. The Morgan fingerprint density at radius 2 is 1.78 bits per heavy atom. The molecule has 0 amide bonds. The minimum Gasteiger partial charge on any atom is -0.341 e. The zero-order valence-corrected chi connectivity index (χ0v) is 16.7. The van der Waals surface area contributed by atoms with Crippen molar-refractivity contribution in [3.05, 3.63) is 82.3 Å². The van der Waals surface area contributed by atoms with Crippen LogP contribution in [0.3, 0.4) is 0 Å². The maximum absolute atomic E-state index is 4.60. The van der Waals surface area contributed by atoms with E-state index in [9.17, 15) is 0 Å². The average Bonchev–Trinajstić information content (AvgIpc) is 3.31. The molecule has 0 spiro atoms. The van der Waals surface area contributed by atoms with E-state index in [0.717, 1.165) is 23.1 Å². The van der Waals surface area contributed by atoms with Crippen molar-refractivity contribution in [1.29, 1.82) is 0 Å². The van der Waals surface area contributed by atoms with E-state index in [1.54, 1.807) is 0 Å². The second kappa shape index (κ2) is 6.54. The Labute approximate surface area is 166 Å². The molecule has 3 nitrogen and oxygen atoms in total. The number of fused-ring (bicyclic) bond motifs is 3. The fourth-order valence-electron chi connectivity index (χ4n) is 4.09. The third-order valence-electron chi connectivity index (χ3n) is 5.45. The molecular weight excluding hydrogens is 398 g/mol. The molecular formula is C23H20BrN3. The number of nitrogens with one attached hydrogen (secondary N) is 1. The van der Waals surface area contributed by atoms with Crippen LogP contribution in [0.15, 0.2) is 76.3 Å². The van der Waals surface area contributed by atoms with E-state index < -0.39 is 0 Å². The topological polar surface area (TPSA) is 29.3 Å². The number of aryl methyl sites for hydroxylation is 1. The van der Waals surface area contributed by atoms with Gasteiger partial charge in [-0.15, -0.1) is 0 Å². The minimum atomic E-state index is 0.219. The summed E-state index contributed by atoms with van der Waals surface area (Å²) in [6.45, 7) is 3.18. The zero-order valence-electron chi connectivity index (χ0n) is 15.1. The normalized spacial score (nSPS) is 16.7. The molecule has 0 aliphatic carbocycles. The van der Waals surface area contributed by atoms with E-state index in [2.05, 4.69) is 105 Å². The SMILES string of the molecule is CCn1c2ccccc2c2cc(C3CC(c4ccc(Br)cc4)=NN3)ccc21. The molecule has 27 heavy (non-hydrogen) atoms. The van der Waals surface area contributed by atoms with E-state index in [-0.39, 0.29) is 6.04 Å². The molecule has 0 bridgehead atoms. The fraction of sp³-hybridized carbons (Fsp3) is 0.174. The van der Waals surface area contributed by atoms with Gasteiger partial charge in [-0.3, -0.25) is 0 Å². The zero-order chi connectivity index (χ0) is 18.4. The highest BCUT2D eigenvalue weighted by Gasteiger charge is 2.22. The third-order valence-corrected chi connectivity index (χ3v) is 5.97. The molecule has 0 radical (unpaired) electrons. The molecule has 1 aliphatic rings. The first-order valence-corrected chi connectivity index (χ1v) is 10.1. The van der Waals surface area contributed by atoms with Gasteiger partial charge in [-0.25, -0.2) is 0 Å². The lowest BCUT2D eigenvalue weighted by Gasteiger charge is -2.11. The molecule has 2 heterocycles. The van der Waals surface area contributed by atoms with Gasteiger partial charge < -0.3 is 9.99 Å². The maximum Gasteiger partial charge on any atom is 0.0746 e. The van der Waals surface area contributed by atoms with Crippen molar-refractivity contribution in [3.8, 4) is 0 Å². The highest BCUT2D eigenvalue weighted by molar-refractivity contribution is 9.10. The Morgan fingerprint density at radius 1 is 1.00 bits per heavy atom. The van der Waals surface area contributed by atoms with E-state index >= 15 is 0 Å². The summed E-state index contributed by atoms with van der Waals surface area (Å²) in [5.41, 5.74) is 9.52. The van der Waals surface area contributed by atoms with Crippen LogP contribution in [0.1, 0.15) is 30.5 Å². The largest absolute Gasteiger partial charge is 0.341 e. The van der Waals surface area contributed by atoms with E-state index in [4.69, 9.17) is 0 Å². The summed E-state index contributed by atoms with van der Waals surface area (Å²) in [7, 11) is 0. The highest BCUT2D eigenvalue weighted by atomic mass is 79.9. The number of benzene rings is 3. The van der Waals surface area contributed by atoms with Gasteiger partial charge in [0.1, 0.15) is 0 Å². The smallest absolute Gasteiger partial charge is 0.0746 e. The lowest BCUT2D eigenvalue weighted by atomic mass is 9.98. The number of rotatable bonds is 3. The van der Waals surface area contributed by atoms with E-state index in [1.165, 1.54) is 32.9 Å². The first-order valence-electron chi connectivity index (χ1n) is 9.33. The van der Waals surface area contributed by atoms with Crippen LogP contribution < -0.4 is 5.43 Å². The number of para-hydroxylation sites is 1. The predicted octanol–water partition coefficient (Wildman–Crippen LogP) is 6.02. The van der Waals surface area contributed by atoms with Crippen LogP contribution in [0.4, 0.5) is 0 Å². The van der Waals surface area contributed by atoms with Gasteiger partial charge in [-0.1, -0.05) is 52.3 Å². The average molecular weight is 418 g/mol. The van der Waals surface area contributed by atoms with Crippen LogP contribution in [0.5, 0.6) is 0 Å². The Morgan fingerprint density at radius 3 is 2.59 bits per heavy atom.